The van der Waals surface area contributed by atoms with E-state index in [0.717, 1.165) is 0 Å². The highest BCUT2D eigenvalue weighted by molar-refractivity contribution is 5.79. The van der Waals surface area contributed by atoms with Gasteiger partial charge in [-0.1, -0.05) is 0 Å². The maximum atomic E-state index is 11.0. The fourth-order valence-electron chi connectivity index (χ4n) is 1.98. The molecule has 0 aliphatic heterocycles. The average Bonchev–Trinajstić information content (AvgIpc) is 2.49. The van der Waals surface area contributed by atoms with Gasteiger partial charge in [0.2, 0.25) is 0 Å². The fourth-order valence-corrected chi connectivity index (χ4v) is 1.98. The third-order valence-electron chi connectivity index (χ3n) is 2.75. The van der Waals surface area contributed by atoms with Gasteiger partial charge < -0.3 is 10.2 Å². The van der Waals surface area contributed by atoms with Crippen molar-refractivity contribution in [3.63, 3.8) is 0 Å². The minimum Gasteiger partial charge on any atom is -0.494 e. The van der Waals surface area contributed by atoms with Gasteiger partial charge in [-0.3, -0.25) is 9.36 Å². The number of carbonyl (C=O) groups is 1. The number of nitrogens with zero attached hydrogens (tertiary/aromatic N) is 1. The van der Waals surface area contributed by atoms with Crippen LogP contribution in [0.2, 0.25) is 0 Å². The molecular weight excluding hydrogens is 182 g/mol. The molecule has 0 bridgehead atoms. The summed E-state index contributed by atoms with van der Waals surface area (Å²) in [5.41, 5.74) is 0. The van der Waals surface area contributed by atoms with Gasteiger partial charge in [-0.2, -0.15) is 0 Å². The van der Waals surface area contributed by atoms with Gasteiger partial charge in [0, 0.05) is 31.0 Å². The van der Waals surface area contributed by atoms with Crippen molar-refractivity contribution in [3.8, 4) is 11.8 Å². The van der Waals surface area contributed by atoms with Crippen LogP contribution in [0.3, 0.4) is 0 Å². The van der Waals surface area contributed by atoms with Gasteiger partial charge in [-0.15, -0.1) is 0 Å². The summed E-state index contributed by atoms with van der Waals surface area (Å²) in [5.74, 6) is 0.413. The van der Waals surface area contributed by atoms with Crippen LogP contribution in [0.15, 0.2) is 12.1 Å². The molecule has 14 heavy (non-hydrogen) atoms. The van der Waals surface area contributed by atoms with Gasteiger partial charge in [0.1, 0.15) is 5.78 Å². The van der Waals surface area contributed by atoms with Crippen molar-refractivity contribution in [3.05, 3.63) is 12.1 Å². The Morgan fingerprint density at radius 2 is 1.64 bits per heavy atom. The molecule has 0 saturated heterocycles. The Morgan fingerprint density at radius 3 is 2.14 bits per heavy atom. The first-order valence-corrected chi connectivity index (χ1v) is 4.79. The van der Waals surface area contributed by atoms with E-state index in [2.05, 4.69) is 0 Å². The minimum absolute atomic E-state index is 0.0581. The van der Waals surface area contributed by atoms with E-state index in [-0.39, 0.29) is 23.6 Å². The summed E-state index contributed by atoms with van der Waals surface area (Å²) in [6, 6.07) is 2.99. The van der Waals surface area contributed by atoms with E-state index in [0.29, 0.717) is 25.7 Å². The molecule has 1 fully saturated rings. The third-order valence-corrected chi connectivity index (χ3v) is 2.75. The highest BCUT2D eigenvalue weighted by Crippen LogP contribution is 2.34. The first-order chi connectivity index (χ1) is 6.68. The van der Waals surface area contributed by atoms with E-state index in [1.54, 1.807) is 0 Å². The molecule has 2 rings (SSSR count). The molecule has 1 aromatic rings. The Morgan fingerprint density at radius 1 is 1.14 bits per heavy atom. The molecule has 0 spiro atoms. The van der Waals surface area contributed by atoms with E-state index in [1.807, 2.05) is 0 Å². The molecule has 0 radical (unpaired) electrons. The number of rotatable bonds is 1. The van der Waals surface area contributed by atoms with Gasteiger partial charge in [-0.05, 0) is 12.8 Å². The van der Waals surface area contributed by atoms with Crippen molar-refractivity contribution >= 4 is 5.78 Å². The molecule has 4 nitrogen and oxygen atoms in total. The van der Waals surface area contributed by atoms with E-state index in [9.17, 15) is 15.0 Å². The zero-order valence-corrected chi connectivity index (χ0v) is 7.81. The predicted octanol–water partition coefficient (Wildman–Crippen LogP) is 1.58. The Balaban J connectivity index is 2.19. The maximum Gasteiger partial charge on any atom is 0.194 e. The summed E-state index contributed by atoms with van der Waals surface area (Å²) >= 11 is 0. The van der Waals surface area contributed by atoms with Crippen LogP contribution in [0.4, 0.5) is 0 Å². The summed E-state index contributed by atoms with van der Waals surface area (Å²) < 4.78 is 1.49. The molecule has 0 aromatic carbocycles. The molecule has 76 valence electrons. The number of aromatic nitrogens is 1. The summed E-state index contributed by atoms with van der Waals surface area (Å²) in [6.07, 6.45) is 2.49. The number of hydrogen-bond acceptors (Lipinski definition) is 3. The van der Waals surface area contributed by atoms with E-state index < -0.39 is 0 Å². The standard InChI is InChI=1S/C10H13NO3/c12-8-3-1-7(2-4-8)11-9(13)5-6-10(11)14/h5-7,13-14H,1-4H2. The molecule has 0 unspecified atom stereocenters. The molecular formula is C10H13NO3. The highest BCUT2D eigenvalue weighted by Gasteiger charge is 2.23. The Hall–Kier alpha value is -1.45. The number of hydrogen-bond donors (Lipinski definition) is 2. The van der Waals surface area contributed by atoms with Crippen molar-refractivity contribution in [2.75, 3.05) is 0 Å². The van der Waals surface area contributed by atoms with Crippen LogP contribution in [-0.4, -0.2) is 20.6 Å². The average molecular weight is 195 g/mol. The van der Waals surface area contributed by atoms with Gasteiger partial charge >= 0.3 is 0 Å². The monoisotopic (exact) mass is 195 g/mol. The zero-order valence-electron chi connectivity index (χ0n) is 7.81. The maximum absolute atomic E-state index is 11.0. The van der Waals surface area contributed by atoms with E-state index in [4.69, 9.17) is 0 Å². The molecule has 0 atom stereocenters. The second kappa shape index (κ2) is 3.36. The van der Waals surface area contributed by atoms with Crippen molar-refractivity contribution in [2.24, 2.45) is 0 Å². The minimum atomic E-state index is 0.0581. The lowest BCUT2D eigenvalue weighted by Gasteiger charge is -2.23. The topological polar surface area (TPSA) is 62.5 Å². The summed E-state index contributed by atoms with van der Waals surface area (Å²) in [7, 11) is 0. The van der Waals surface area contributed by atoms with Crippen LogP contribution in [0.1, 0.15) is 31.7 Å². The summed E-state index contributed by atoms with van der Waals surface area (Å²) in [5, 5.41) is 18.9. The molecule has 1 aromatic heterocycles. The Labute approximate surface area is 81.8 Å². The second-order valence-electron chi connectivity index (χ2n) is 3.69. The van der Waals surface area contributed by atoms with Gasteiger partial charge in [0.25, 0.3) is 0 Å². The number of Topliss-reactive ketones (excluding diaryl/α,β-unsaturated/α-hetero) is 1. The van der Waals surface area contributed by atoms with Crippen LogP contribution < -0.4 is 0 Å². The molecule has 1 saturated carbocycles. The van der Waals surface area contributed by atoms with Crippen molar-refractivity contribution in [1.29, 1.82) is 0 Å². The quantitative estimate of drug-likeness (QED) is 0.715. The van der Waals surface area contributed by atoms with Crippen LogP contribution in [0.5, 0.6) is 11.8 Å². The fraction of sp³-hybridized carbons (Fsp3) is 0.500. The lowest BCUT2D eigenvalue weighted by molar-refractivity contribution is -0.120. The summed E-state index contributed by atoms with van der Waals surface area (Å²) in [4.78, 5) is 11.0. The third kappa shape index (κ3) is 1.47. The largest absolute Gasteiger partial charge is 0.494 e. The highest BCUT2D eigenvalue weighted by atomic mass is 16.3. The van der Waals surface area contributed by atoms with Crippen LogP contribution >= 0.6 is 0 Å². The lowest BCUT2D eigenvalue weighted by Crippen LogP contribution is -2.17. The zero-order chi connectivity index (χ0) is 10.1. The molecule has 1 heterocycles. The molecule has 0 amide bonds. The van der Waals surface area contributed by atoms with Crippen LogP contribution in [0, 0.1) is 0 Å². The van der Waals surface area contributed by atoms with Gasteiger partial charge in [0.05, 0.1) is 0 Å². The molecule has 1 aliphatic rings. The lowest BCUT2D eigenvalue weighted by atomic mass is 9.94. The first-order valence-electron chi connectivity index (χ1n) is 4.79. The first kappa shape index (κ1) is 9.12. The van der Waals surface area contributed by atoms with Crippen LogP contribution in [0.25, 0.3) is 0 Å². The predicted molar refractivity (Wildman–Crippen MR) is 50.3 cm³/mol. The Bertz CT molecular complexity index is 327. The van der Waals surface area contributed by atoms with E-state index >= 15 is 0 Å². The number of ketones is 1. The SMILES string of the molecule is O=C1CCC(n2c(O)ccc2O)CC1. The normalized spacial score (nSPS) is 18.7. The van der Waals surface area contributed by atoms with Crippen molar-refractivity contribution in [2.45, 2.75) is 31.7 Å². The molecule has 2 N–H and O–H groups in total. The number of aromatic hydroxyl groups is 2. The summed E-state index contributed by atoms with van der Waals surface area (Å²) in [6.45, 7) is 0. The van der Waals surface area contributed by atoms with Crippen LogP contribution in [-0.2, 0) is 4.79 Å². The molecule has 1 aliphatic carbocycles. The molecule has 4 heteroatoms. The van der Waals surface area contributed by atoms with Crippen molar-refractivity contribution in [1.82, 2.24) is 4.57 Å². The van der Waals surface area contributed by atoms with Gasteiger partial charge in [0.15, 0.2) is 11.8 Å². The Kier molecular flexibility index (Phi) is 2.19. The van der Waals surface area contributed by atoms with Gasteiger partial charge in [-0.25, -0.2) is 0 Å². The second-order valence-corrected chi connectivity index (χ2v) is 3.69. The van der Waals surface area contributed by atoms with E-state index in [1.165, 1.54) is 16.7 Å². The van der Waals surface area contributed by atoms with Crippen molar-refractivity contribution < 1.29 is 15.0 Å². The smallest absolute Gasteiger partial charge is 0.194 e. The number of carbonyl (C=O) groups excluding carboxylic acids is 1.